The van der Waals surface area contributed by atoms with Crippen LogP contribution in [0, 0.1) is 12.7 Å². The van der Waals surface area contributed by atoms with Crippen molar-refractivity contribution >= 4 is 22.9 Å². The number of aromatic nitrogens is 4. The van der Waals surface area contributed by atoms with Crippen LogP contribution < -0.4 is 5.73 Å². The second-order valence-electron chi connectivity index (χ2n) is 4.81. The summed E-state index contributed by atoms with van der Waals surface area (Å²) in [6.07, 6.45) is 3.04. The minimum atomic E-state index is -0.262. The predicted molar refractivity (Wildman–Crippen MR) is 79.5 cm³/mol. The van der Waals surface area contributed by atoms with Gasteiger partial charge in [-0.15, -0.1) is 0 Å². The van der Waals surface area contributed by atoms with Gasteiger partial charge in [0.2, 0.25) is 0 Å². The number of nitrogens with zero attached hydrogens (tertiary/aromatic N) is 3. The smallest absolute Gasteiger partial charge is 0.181 e. The molecule has 0 amide bonds. The standard InChI is InChI=1S/C14H14FN5S/c1-7-3-11(9(8(2)16)4-10(7)15)21-14-12-13(18-5-17-12)19-6-20-14/h3-6,8H,16H2,1-2H3,(H,17,18,19,20). The minimum absolute atomic E-state index is 0.249. The fourth-order valence-electron chi connectivity index (χ4n) is 2.04. The molecule has 0 bridgehead atoms. The molecule has 21 heavy (non-hydrogen) atoms. The molecule has 3 aromatic rings. The second kappa shape index (κ2) is 5.42. The third-order valence-electron chi connectivity index (χ3n) is 3.18. The van der Waals surface area contributed by atoms with Crippen LogP contribution in [0.15, 0.2) is 34.7 Å². The average molecular weight is 303 g/mol. The van der Waals surface area contributed by atoms with Crippen LogP contribution in [0.2, 0.25) is 0 Å². The zero-order chi connectivity index (χ0) is 15.0. The first kappa shape index (κ1) is 14.0. The summed E-state index contributed by atoms with van der Waals surface area (Å²) in [5, 5.41) is 0.741. The number of nitrogens with one attached hydrogen (secondary N) is 1. The number of hydrogen-bond donors (Lipinski definition) is 2. The minimum Gasteiger partial charge on any atom is -0.341 e. The number of hydrogen-bond acceptors (Lipinski definition) is 5. The molecule has 3 rings (SSSR count). The molecule has 0 saturated carbocycles. The summed E-state index contributed by atoms with van der Waals surface area (Å²) in [5.41, 5.74) is 8.66. The van der Waals surface area contributed by atoms with Crippen molar-refractivity contribution in [3.8, 4) is 0 Å². The Labute approximate surface area is 125 Å². The second-order valence-corrected chi connectivity index (χ2v) is 5.84. The fraction of sp³-hybridized carbons (Fsp3) is 0.214. The summed E-state index contributed by atoms with van der Waals surface area (Å²) >= 11 is 1.43. The Balaban J connectivity index is 2.09. The van der Waals surface area contributed by atoms with Crippen molar-refractivity contribution in [2.75, 3.05) is 0 Å². The van der Waals surface area contributed by atoms with E-state index in [2.05, 4.69) is 19.9 Å². The Bertz CT molecular complexity index is 799. The molecule has 0 spiro atoms. The van der Waals surface area contributed by atoms with Gasteiger partial charge in [-0.05, 0) is 37.1 Å². The van der Waals surface area contributed by atoms with E-state index in [0.717, 1.165) is 21.0 Å². The topological polar surface area (TPSA) is 80.5 Å². The number of benzene rings is 1. The van der Waals surface area contributed by atoms with Gasteiger partial charge >= 0.3 is 0 Å². The van der Waals surface area contributed by atoms with E-state index in [1.54, 1.807) is 19.3 Å². The summed E-state index contributed by atoms with van der Waals surface area (Å²) < 4.78 is 13.8. The molecule has 0 fully saturated rings. The van der Waals surface area contributed by atoms with Crippen LogP contribution in [0.1, 0.15) is 24.1 Å². The molecule has 0 aliphatic heterocycles. The quantitative estimate of drug-likeness (QED) is 0.727. The molecule has 0 aliphatic carbocycles. The molecule has 5 nitrogen and oxygen atoms in total. The predicted octanol–water partition coefficient (Wildman–Crippen LogP) is 2.97. The highest BCUT2D eigenvalue weighted by atomic mass is 32.2. The zero-order valence-electron chi connectivity index (χ0n) is 11.6. The van der Waals surface area contributed by atoms with E-state index < -0.39 is 0 Å². The van der Waals surface area contributed by atoms with Crippen LogP contribution in [0.3, 0.4) is 0 Å². The van der Waals surface area contributed by atoms with Crippen molar-refractivity contribution in [2.24, 2.45) is 5.73 Å². The van der Waals surface area contributed by atoms with Crippen molar-refractivity contribution in [3.05, 3.63) is 41.7 Å². The molecular formula is C14H14FN5S. The van der Waals surface area contributed by atoms with Crippen molar-refractivity contribution in [2.45, 2.75) is 29.8 Å². The molecule has 108 valence electrons. The van der Waals surface area contributed by atoms with Gasteiger partial charge in [0.1, 0.15) is 22.7 Å². The number of aromatic amines is 1. The molecule has 1 unspecified atom stereocenters. The SMILES string of the molecule is Cc1cc(Sc2ncnc3nc[nH]c23)c(C(C)N)cc1F. The lowest BCUT2D eigenvalue weighted by atomic mass is 10.1. The van der Waals surface area contributed by atoms with Gasteiger partial charge in [-0.25, -0.2) is 19.3 Å². The summed E-state index contributed by atoms with van der Waals surface area (Å²) in [4.78, 5) is 16.4. The van der Waals surface area contributed by atoms with Gasteiger partial charge in [-0.2, -0.15) is 0 Å². The summed E-state index contributed by atoms with van der Waals surface area (Å²) in [5.74, 6) is -0.249. The number of aryl methyl sites for hydroxylation is 1. The number of H-pyrrole nitrogens is 1. The van der Waals surface area contributed by atoms with E-state index in [1.807, 2.05) is 6.92 Å². The largest absolute Gasteiger partial charge is 0.341 e. The Morgan fingerprint density at radius 1 is 1.29 bits per heavy atom. The number of rotatable bonds is 3. The zero-order valence-corrected chi connectivity index (χ0v) is 12.4. The number of halogens is 1. The molecule has 1 atom stereocenters. The molecule has 0 saturated heterocycles. The van der Waals surface area contributed by atoms with Crippen LogP contribution in [0.5, 0.6) is 0 Å². The van der Waals surface area contributed by atoms with E-state index in [1.165, 1.54) is 24.2 Å². The number of imidazole rings is 1. The molecule has 0 radical (unpaired) electrons. The van der Waals surface area contributed by atoms with E-state index in [-0.39, 0.29) is 11.9 Å². The highest BCUT2D eigenvalue weighted by Gasteiger charge is 2.15. The summed E-state index contributed by atoms with van der Waals surface area (Å²) in [7, 11) is 0. The first-order chi connectivity index (χ1) is 10.1. The molecule has 2 aromatic heterocycles. The molecular weight excluding hydrogens is 289 g/mol. The average Bonchev–Trinajstić information content (AvgIpc) is 2.91. The van der Waals surface area contributed by atoms with E-state index >= 15 is 0 Å². The number of fused-ring (bicyclic) bond motifs is 1. The molecule has 3 N–H and O–H groups in total. The Morgan fingerprint density at radius 2 is 2.10 bits per heavy atom. The van der Waals surface area contributed by atoms with Crippen molar-refractivity contribution < 1.29 is 4.39 Å². The monoisotopic (exact) mass is 303 g/mol. The highest BCUT2D eigenvalue weighted by molar-refractivity contribution is 7.99. The molecule has 0 aliphatic rings. The normalized spacial score (nSPS) is 12.8. The maximum Gasteiger partial charge on any atom is 0.181 e. The third kappa shape index (κ3) is 2.62. The lowest BCUT2D eigenvalue weighted by molar-refractivity contribution is 0.610. The summed E-state index contributed by atoms with van der Waals surface area (Å²) in [6.45, 7) is 3.57. The van der Waals surface area contributed by atoms with Crippen LogP contribution in [0.25, 0.3) is 11.2 Å². The van der Waals surface area contributed by atoms with Gasteiger partial charge in [0.05, 0.1) is 6.33 Å². The maximum absolute atomic E-state index is 13.8. The Hall–Kier alpha value is -1.99. The van der Waals surface area contributed by atoms with E-state index in [9.17, 15) is 4.39 Å². The maximum atomic E-state index is 13.8. The number of nitrogens with two attached hydrogens (primary N) is 1. The fourth-order valence-corrected chi connectivity index (χ4v) is 3.20. The van der Waals surface area contributed by atoms with Crippen molar-refractivity contribution in [1.29, 1.82) is 0 Å². The van der Waals surface area contributed by atoms with Gasteiger partial charge in [0.15, 0.2) is 5.65 Å². The van der Waals surface area contributed by atoms with E-state index in [0.29, 0.717) is 11.2 Å². The van der Waals surface area contributed by atoms with Gasteiger partial charge in [-0.3, -0.25) is 0 Å². The van der Waals surface area contributed by atoms with Crippen molar-refractivity contribution in [3.63, 3.8) is 0 Å². The first-order valence-electron chi connectivity index (χ1n) is 6.44. The van der Waals surface area contributed by atoms with Crippen LogP contribution in [-0.2, 0) is 0 Å². The summed E-state index contributed by atoms with van der Waals surface area (Å²) in [6, 6.07) is 3.03. The van der Waals surface area contributed by atoms with Crippen LogP contribution >= 0.6 is 11.8 Å². The Kier molecular flexibility index (Phi) is 3.60. The molecule has 7 heteroatoms. The van der Waals surface area contributed by atoms with Gasteiger partial charge in [0.25, 0.3) is 0 Å². The van der Waals surface area contributed by atoms with E-state index in [4.69, 9.17) is 5.73 Å². The lowest BCUT2D eigenvalue weighted by Crippen LogP contribution is -2.07. The van der Waals surface area contributed by atoms with Crippen molar-refractivity contribution in [1.82, 2.24) is 19.9 Å². The van der Waals surface area contributed by atoms with Crippen LogP contribution in [0.4, 0.5) is 4.39 Å². The van der Waals surface area contributed by atoms with Crippen LogP contribution in [-0.4, -0.2) is 19.9 Å². The van der Waals surface area contributed by atoms with Gasteiger partial charge in [-0.1, -0.05) is 11.8 Å². The third-order valence-corrected chi connectivity index (χ3v) is 4.25. The highest BCUT2D eigenvalue weighted by Crippen LogP contribution is 2.35. The molecule has 2 heterocycles. The van der Waals surface area contributed by atoms with Gasteiger partial charge < -0.3 is 10.7 Å². The van der Waals surface area contributed by atoms with Gasteiger partial charge in [0, 0.05) is 10.9 Å². The lowest BCUT2D eigenvalue weighted by Gasteiger charge is -2.13. The Morgan fingerprint density at radius 3 is 2.86 bits per heavy atom. The first-order valence-corrected chi connectivity index (χ1v) is 7.25. The molecule has 1 aromatic carbocycles.